The van der Waals surface area contributed by atoms with Gasteiger partial charge in [-0.1, -0.05) is 0 Å². The van der Waals surface area contributed by atoms with E-state index in [2.05, 4.69) is 55.7 Å². The van der Waals surface area contributed by atoms with Crippen molar-refractivity contribution in [3.63, 3.8) is 0 Å². The second-order valence-electron chi connectivity index (χ2n) is 9.44. The lowest BCUT2D eigenvalue weighted by molar-refractivity contribution is 0.381. The molecule has 0 radical (unpaired) electrons. The Balaban J connectivity index is 1.56. The van der Waals surface area contributed by atoms with Crippen LogP contribution in [-0.4, -0.2) is 46.8 Å². The molecule has 3 rings (SSSR count). The second-order valence-corrected chi connectivity index (χ2v) is 9.85. The van der Waals surface area contributed by atoms with Gasteiger partial charge in [0.2, 0.25) is 5.95 Å². The van der Waals surface area contributed by atoms with Crippen molar-refractivity contribution in [1.82, 2.24) is 20.6 Å². The molecule has 0 aliphatic heterocycles. The monoisotopic (exact) mass is 404 g/mol. The van der Waals surface area contributed by atoms with Gasteiger partial charge in [-0.05, 0) is 84.4 Å². The first-order valence-corrected chi connectivity index (χ1v) is 11.0. The third-order valence-corrected chi connectivity index (χ3v) is 5.69. The lowest BCUT2D eigenvalue weighted by atomic mass is 9.91. The fourth-order valence-electron chi connectivity index (χ4n) is 4.14. The molecule has 3 N–H and O–H groups in total. The summed E-state index contributed by atoms with van der Waals surface area (Å²) in [6.45, 7) is 6.38. The molecule has 28 heavy (non-hydrogen) atoms. The van der Waals surface area contributed by atoms with Gasteiger partial charge in [0.15, 0.2) is 5.11 Å². The summed E-state index contributed by atoms with van der Waals surface area (Å²) in [7, 11) is 4.15. The summed E-state index contributed by atoms with van der Waals surface area (Å²) in [4.78, 5) is 11.8. The largest absolute Gasteiger partial charge is 0.362 e. The lowest BCUT2D eigenvalue weighted by Gasteiger charge is -2.32. The number of hydrogen-bond acceptors (Lipinski definition) is 5. The predicted molar refractivity (Wildman–Crippen MR) is 121 cm³/mol. The van der Waals surface area contributed by atoms with Crippen LogP contribution in [0.5, 0.6) is 0 Å². The van der Waals surface area contributed by atoms with Crippen LogP contribution < -0.4 is 20.9 Å². The van der Waals surface area contributed by atoms with Gasteiger partial charge in [-0.25, -0.2) is 4.98 Å². The highest BCUT2D eigenvalue weighted by Gasteiger charge is 2.24. The highest BCUT2D eigenvalue weighted by molar-refractivity contribution is 7.80. The van der Waals surface area contributed by atoms with Gasteiger partial charge in [-0.2, -0.15) is 4.98 Å². The zero-order chi connectivity index (χ0) is 20.3. The van der Waals surface area contributed by atoms with Crippen LogP contribution in [0.1, 0.15) is 70.6 Å². The topological polar surface area (TPSA) is 65.1 Å². The van der Waals surface area contributed by atoms with Crippen molar-refractivity contribution in [2.45, 2.75) is 89.8 Å². The number of nitrogens with zero attached hydrogens (tertiary/aromatic N) is 3. The Bertz CT molecular complexity index is 689. The molecule has 0 aromatic carbocycles. The molecule has 0 unspecified atom stereocenters. The predicted octanol–water partition coefficient (Wildman–Crippen LogP) is 3.41. The first-order chi connectivity index (χ1) is 13.2. The minimum Gasteiger partial charge on any atom is -0.362 e. The summed E-state index contributed by atoms with van der Waals surface area (Å²) in [6.07, 6.45) is 9.07. The van der Waals surface area contributed by atoms with E-state index in [1.54, 1.807) is 0 Å². The molecule has 0 atom stereocenters. The number of fused-ring (bicyclic) bond motifs is 1. The van der Waals surface area contributed by atoms with Crippen molar-refractivity contribution >= 4 is 29.1 Å². The van der Waals surface area contributed by atoms with Crippen molar-refractivity contribution in [3.05, 3.63) is 11.3 Å². The van der Waals surface area contributed by atoms with Crippen LogP contribution in [-0.2, 0) is 12.8 Å². The normalized spacial score (nSPS) is 22.2. The zero-order valence-corrected chi connectivity index (χ0v) is 18.9. The molecular weight excluding hydrogens is 368 g/mol. The molecule has 0 spiro atoms. The van der Waals surface area contributed by atoms with E-state index in [0.29, 0.717) is 12.1 Å². The maximum absolute atomic E-state index is 5.45. The van der Waals surface area contributed by atoms with E-state index in [1.807, 2.05) is 0 Å². The van der Waals surface area contributed by atoms with Gasteiger partial charge in [0, 0.05) is 37.3 Å². The lowest BCUT2D eigenvalue weighted by Crippen LogP contribution is -2.50. The highest BCUT2D eigenvalue weighted by atomic mass is 32.1. The zero-order valence-electron chi connectivity index (χ0n) is 18.1. The van der Waals surface area contributed by atoms with E-state index < -0.39 is 0 Å². The van der Waals surface area contributed by atoms with Crippen molar-refractivity contribution in [2.24, 2.45) is 0 Å². The molecule has 2 aliphatic rings. The molecule has 0 bridgehead atoms. The van der Waals surface area contributed by atoms with Crippen LogP contribution in [0, 0.1) is 0 Å². The molecule has 0 saturated heterocycles. The summed E-state index contributed by atoms with van der Waals surface area (Å²) < 4.78 is 0. The van der Waals surface area contributed by atoms with Gasteiger partial charge in [-0.15, -0.1) is 0 Å². The molecule has 2 aliphatic carbocycles. The molecule has 1 aromatic heterocycles. The highest BCUT2D eigenvalue weighted by Crippen LogP contribution is 2.29. The smallest absolute Gasteiger partial charge is 0.225 e. The average Bonchev–Trinajstić information content (AvgIpc) is 2.61. The van der Waals surface area contributed by atoms with E-state index in [4.69, 9.17) is 22.2 Å². The Morgan fingerprint density at radius 2 is 1.64 bits per heavy atom. The Labute approximate surface area is 175 Å². The van der Waals surface area contributed by atoms with Crippen LogP contribution in [0.2, 0.25) is 0 Å². The number of aryl methyl sites for hydroxylation is 1. The van der Waals surface area contributed by atoms with Crippen LogP contribution in [0.3, 0.4) is 0 Å². The SMILES string of the molecule is CN(C)c1nc(N[C@H]2CC[C@@H](NC(=S)NC(C)(C)C)CC2)nc2c1CCCC2. The van der Waals surface area contributed by atoms with Crippen molar-refractivity contribution in [3.8, 4) is 0 Å². The number of aromatic nitrogens is 2. The number of rotatable bonds is 4. The molecule has 6 nitrogen and oxygen atoms in total. The summed E-state index contributed by atoms with van der Waals surface area (Å²) >= 11 is 5.45. The standard InChI is InChI=1S/C21H36N6S/c1-21(2,3)26-20(28)23-15-12-10-14(11-13-15)22-19-24-17-9-7-6-8-16(17)18(25-19)27(4)5/h14-15H,6-13H2,1-5H3,(H,22,24,25)(H2,23,26,28)/t14-,15+. The first kappa shape index (κ1) is 21.1. The Morgan fingerprint density at radius 1 is 1.00 bits per heavy atom. The Hall–Kier alpha value is -1.63. The fourth-order valence-corrected chi connectivity index (χ4v) is 4.61. The number of anilines is 2. The van der Waals surface area contributed by atoms with Crippen LogP contribution in [0.15, 0.2) is 0 Å². The minimum absolute atomic E-state index is 0.00320. The van der Waals surface area contributed by atoms with E-state index in [1.165, 1.54) is 24.1 Å². The fraction of sp³-hybridized carbons (Fsp3) is 0.762. The summed E-state index contributed by atoms with van der Waals surface area (Å²) in [6, 6.07) is 0.876. The summed E-state index contributed by atoms with van der Waals surface area (Å²) in [5.74, 6) is 1.88. The maximum Gasteiger partial charge on any atom is 0.225 e. The number of hydrogen-bond donors (Lipinski definition) is 3. The average molecular weight is 405 g/mol. The minimum atomic E-state index is -0.00320. The molecule has 1 fully saturated rings. The van der Waals surface area contributed by atoms with Crippen molar-refractivity contribution in [1.29, 1.82) is 0 Å². The molecule has 1 heterocycles. The van der Waals surface area contributed by atoms with E-state index in [-0.39, 0.29) is 5.54 Å². The van der Waals surface area contributed by atoms with Crippen LogP contribution in [0.25, 0.3) is 0 Å². The van der Waals surface area contributed by atoms with Crippen LogP contribution >= 0.6 is 12.2 Å². The molecule has 7 heteroatoms. The van der Waals surface area contributed by atoms with E-state index in [0.717, 1.165) is 55.4 Å². The quantitative estimate of drug-likeness (QED) is 0.665. The van der Waals surface area contributed by atoms with Gasteiger partial charge < -0.3 is 20.9 Å². The summed E-state index contributed by atoms with van der Waals surface area (Å²) in [5, 5.41) is 11.2. The van der Waals surface area contributed by atoms with Crippen molar-refractivity contribution in [2.75, 3.05) is 24.3 Å². The van der Waals surface area contributed by atoms with Gasteiger partial charge in [0.25, 0.3) is 0 Å². The third-order valence-electron chi connectivity index (χ3n) is 5.47. The molecule has 1 aromatic rings. The molecule has 156 valence electrons. The van der Waals surface area contributed by atoms with E-state index >= 15 is 0 Å². The Morgan fingerprint density at radius 3 is 2.29 bits per heavy atom. The van der Waals surface area contributed by atoms with Gasteiger partial charge in [-0.3, -0.25) is 0 Å². The molecular formula is C21H36N6S. The van der Waals surface area contributed by atoms with Crippen molar-refractivity contribution < 1.29 is 0 Å². The third kappa shape index (κ3) is 5.69. The summed E-state index contributed by atoms with van der Waals surface area (Å²) in [5.41, 5.74) is 2.58. The van der Waals surface area contributed by atoms with E-state index in [9.17, 15) is 0 Å². The van der Waals surface area contributed by atoms with Crippen LogP contribution in [0.4, 0.5) is 11.8 Å². The molecule has 1 saturated carbocycles. The van der Waals surface area contributed by atoms with Gasteiger partial charge in [0.1, 0.15) is 5.82 Å². The van der Waals surface area contributed by atoms with Gasteiger partial charge >= 0.3 is 0 Å². The second kappa shape index (κ2) is 8.80. The number of thiocarbonyl (C=S) groups is 1. The Kier molecular flexibility index (Phi) is 6.63. The van der Waals surface area contributed by atoms with Gasteiger partial charge in [0.05, 0.1) is 5.69 Å². The first-order valence-electron chi connectivity index (χ1n) is 10.6. The maximum atomic E-state index is 5.45. The molecule has 0 amide bonds. The number of nitrogens with one attached hydrogen (secondary N) is 3.